The standard InChI is InChI=1S/C22H17N7O2/c1-12-6-13(2)20-17(7-12)18(22(30)31)9-19(25-20)14-4-3-5-16(8-14)24-11-15(10-23)21-26-28-29-27-21/h3-9,11,24H,1-2H3,(H,30,31)(H,26,27,28,29). The van der Waals surface area contributed by atoms with Gasteiger partial charge in [0.05, 0.1) is 16.8 Å². The highest BCUT2D eigenvalue weighted by Crippen LogP contribution is 2.29. The molecule has 0 saturated carbocycles. The fourth-order valence-corrected chi connectivity index (χ4v) is 3.35. The van der Waals surface area contributed by atoms with Crippen LogP contribution in [0.1, 0.15) is 27.3 Å². The van der Waals surface area contributed by atoms with Crippen molar-refractivity contribution in [2.24, 2.45) is 0 Å². The second-order valence-electron chi connectivity index (χ2n) is 6.97. The Labute approximate surface area is 177 Å². The number of allylic oxidation sites excluding steroid dienone is 1. The Balaban J connectivity index is 1.76. The van der Waals surface area contributed by atoms with Gasteiger partial charge in [-0.3, -0.25) is 0 Å². The van der Waals surface area contributed by atoms with Gasteiger partial charge in [0.1, 0.15) is 11.6 Å². The summed E-state index contributed by atoms with van der Waals surface area (Å²) >= 11 is 0. The first kappa shape index (κ1) is 19.7. The third kappa shape index (κ3) is 3.95. The van der Waals surface area contributed by atoms with Gasteiger partial charge in [-0.1, -0.05) is 23.8 Å². The average Bonchev–Trinajstić information content (AvgIpc) is 3.28. The third-order valence-electron chi connectivity index (χ3n) is 4.73. The van der Waals surface area contributed by atoms with Gasteiger partial charge in [0.25, 0.3) is 0 Å². The molecule has 2 aromatic heterocycles. The zero-order valence-corrected chi connectivity index (χ0v) is 16.7. The van der Waals surface area contributed by atoms with Crippen LogP contribution >= 0.6 is 0 Å². The van der Waals surface area contributed by atoms with E-state index in [1.54, 1.807) is 6.07 Å². The Morgan fingerprint density at radius 2 is 2.06 bits per heavy atom. The molecule has 4 rings (SSSR count). The quantitative estimate of drug-likeness (QED) is 0.422. The van der Waals surface area contributed by atoms with Crippen LogP contribution < -0.4 is 5.32 Å². The van der Waals surface area contributed by atoms with E-state index in [9.17, 15) is 15.2 Å². The number of benzene rings is 2. The van der Waals surface area contributed by atoms with E-state index < -0.39 is 5.97 Å². The molecule has 0 atom stereocenters. The van der Waals surface area contributed by atoms with Gasteiger partial charge in [0, 0.05) is 22.8 Å². The summed E-state index contributed by atoms with van der Waals surface area (Å²) in [5, 5.41) is 36.0. The molecule has 4 aromatic rings. The molecule has 152 valence electrons. The van der Waals surface area contributed by atoms with E-state index in [0.29, 0.717) is 22.3 Å². The first-order valence-electron chi connectivity index (χ1n) is 9.32. The van der Waals surface area contributed by atoms with Gasteiger partial charge in [-0.25, -0.2) is 9.78 Å². The molecule has 9 nitrogen and oxygen atoms in total. The number of pyridine rings is 1. The summed E-state index contributed by atoms with van der Waals surface area (Å²) < 4.78 is 0. The molecule has 0 amide bonds. The monoisotopic (exact) mass is 411 g/mol. The lowest BCUT2D eigenvalue weighted by Gasteiger charge is -2.11. The number of aryl methyl sites for hydroxylation is 2. The Morgan fingerprint density at radius 3 is 2.77 bits per heavy atom. The molecule has 0 aliphatic rings. The zero-order valence-electron chi connectivity index (χ0n) is 16.7. The van der Waals surface area contributed by atoms with Crippen molar-refractivity contribution in [1.82, 2.24) is 25.6 Å². The molecule has 0 fully saturated rings. The molecule has 0 bridgehead atoms. The number of carboxylic acid groups (broad SMARTS) is 1. The molecule has 0 aliphatic carbocycles. The van der Waals surface area contributed by atoms with Crippen LogP contribution in [0.15, 0.2) is 48.7 Å². The number of anilines is 1. The molecule has 9 heteroatoms. The van der Waals surface area contributed by atoms with Crippen LogP contribution in [0.3, 0.4) is 0 Å². The summed E-state index contributed by atoms with van der Waals surface area (Å²) in [6, 6.07) is 14.7. The number of nitrogens with zero attached hydrogens (tertiary/aromatic N) is 5. The maximum Gasteiger partial charge on any atom is 0.336 e. The van der Waals surface area contributed by atoms with Gasteiger partial charge in [-0.05, 0) is 48.9 Å². The number of hydrogen-bond acceptors (Lipinski definition) is 7. The van der Waals surface area contributed by atoms with Crippen LogP contribution in [0.4, 0.5) is 5.69 Å². The molecule has 2 heterocycles. The normalized spacial score (nSPS) is 11.3. The van der Waals surface area contributed by atoms with Crippen molar-refractivity contribution < 1.29 is 9.90 Å². The lowest BCUT2D eigenvalue weighted by atomic mass is 10.00. The van der Waals surface area contributed by atoms with E-state index in [1.807, 2.05) is 56.3 Å². The van der Waals surface area contributed by atoms with Crippen LogP contribution in [-0.2, 0) is 0 Å². The lowest BCUT2D eigenvalue weighted by Crippen LogP contribution is -2.02. The van der Waals surface area contributed by atoms with E-state index in [0.717, 1.165) is 16.7 Å². The first-order valence-corrected chi connectivity index (χ1v) is 9.32. The van der Waals surface area contributed by atoms with E-state index in [2.05, 4.69) is 25.9 Å². The van der Waals surface area contributed by atoms with Crippen molar-refractivity contribution in [2.45, 2.75) is 13.8 Å². The number of carboxylic acids is 1. The number of nitrogens with one attached hydrogen (secondary N) is 2. The van der Waals surface area contributed by atoms with Gasteiger partial charge >= 0.3 is 5.97 Å². The topological polar surface area (TPSA) is 140 Å². The van der Waals surface area contributed by atoms with Crippen LogP contribution in [0.25, 0.3) is 27.7 Å². The van der Waals surface area contributed by atoms with E-state index in [4.69, 9.17) is 4.98 Å². The molecule has 2 aromatic carbocycles. The van der Waals surface area contributed by atoms with E-state index in [1.165, 1.54) is 6.20 Å². The lowest BCUT2D eigenvalue weighted by molar-refractivity contribution is 0.0699. The van der Waals surface area contributed by atoms with Gasteiger partial charge in [-0.15, -0.1) is 10.2 Å². The second kappa shape index (κ2) is 8.04. The molecule has 3 N–H and O–H groups in total. The molecule has 31 heavy (non-hydrogen) atoms. The minimum absolute atomic E-state index is 0.180. The number of rotatable bonds is 5. The van der Waals surface area contributed by atoms with Crippen molar-refractivity contribution in [3.05, 3.63) is 71.2 Å². The molecule has 0 radical (unpaired) electrons. The molecular formula is C22H17N7O2. The largest absolute Gasteiger partial charge is 0.478 e. The fourth-order valence-electron chi connectivity index (χ4n) is 3.35. The summed E-state index contributed by atoms with van der Waals surface area (Å²) in [5.41, 5.74) is 4.93. The van der Waals surface area contributed by atoms with Gasteiger partial charge in [0.2, 0.25) is 5.82 Å². The summed E-state index contributed by atoms with van der Waals surface area (Å²) in [5.74, 6) is -0.825. The van der Waals surface area contributed by atoms with Gasteiger partial charge in [0.15, 0.2) is 0 Å². The highest BCUT2D eigenvalue weighted by Gasteiger charge is 2.15. The Morgan fingerprint density at radius 1 is 1.23 bits per heavy atom. The van der Waals surface area contributed by atoms with Gasteiger partial charge in [-0.2, -0.15) is 10.5 Å². The molecule has 0 unspecified atom stereocenters. The number of aromatic amines is 1. The fraction of sp³-hybridized carbons (Fsp3) is 0.0909. The minimum Gasteiger partial charge on any atom is -0.478 e. The van der Waals surface area contributed by atoms with Crippen LogP contribution in [0, 0.1) is 25.2 Å². The predicted octanol–water partition coefficient (Wildman–Crippen LogP) is 3.71. The summed E-state index contributed by atoms with van der Waals surface area (Å²) in [7, 11) is 0. The van der Waals surface area contributed by atoms with Crippen molar-refractivity contribution in [3.8, 4) is 17.3 Å². The number of hydrogen-bond donors (Lipinski definition) is 3. The number of aromatic nitrogens is 5. The second-order valence-corrected chi connectivity index (χ2v) is 6.97. The van der Waals surface area contributed by atoms with E-state index in [-0.39, 0.29) is 17.0 Å². The highest BCUT2D eigenvalue weighted by molar-refractivity contribution is 6.04. The maximum absolute atomic E-state index is 11.9. The van der Waals surface area contributed by atoms with Crippen LogP contribution in [-0.4, -0.2) is 36.7 Å². The number of aromatic carboxylic acids is 1. The number of fused-ring (bicyclic) bond motifs is 1. The molecule has 0 aliphatic heterocycles. The summed E-state index contributed by atoms with van der Waals surface area (Å²) in [6.45, 7) is 3.85. The maximum atomic E-state index is 11.9. The van der Waals surface area contributed by atoms with Crippen LogP contribution in [0.2, 0.25) is 0 Å². The van der Waals surface area contributed by atoms with Crippen molar-refractivity contribution in [3.63, 3.8) is 0 Å². The third-order valence-corrected chi connectivity index (χ3v) is 4.73. The first-order chi connectivity index (χ1) is 15.0. The highest BCUT2D eigenvalue weighted by atomic mass is 16.4. The molecule has 0 saturated heterocycles. The molecule has 0 spiro atoms. The SMILES string of the molecule is Cc1cc(C)c2nc(-c3cccc(NC=C(C#N)c4nn[nH]n4)c3)cc(C(=O)O)c2c1. The van der Waals surface area contributed by atoms with Crippen LogP contribution in [0.5, 0.6) is 0 Å². The number of tetrazole rings is 1. The minimum atomic E-state index is -1.00. The van der Waals surface area contributed by atoms with Gasteiger partial charge < -0.3 is 10.4 Å². The number of H-pyrrole nitrogens is 1. The Kier molecular flexibility index (Phi) is 5.12. The van der Waals surface area contributed by atoms with Crippen molar-refractivity contribution in [2.75, 3.05) is 5.32 Å². The average molecular weight is 411 g/mol. The Hall–Kier alpha value is -4.58. The van der Waals surface area contributed by atoms with Crippen molar-refractivity contribution >= 4 is 28.1 Å². The smallest absolute Gasteiger partial charge is 0.336 e. The molecular weight excluding hydrogens is 394 g/mol. The van der Waals surface area contributed by atoms with E-state index >= 15 is 0 Å². The summed E-state index contributed by atoms with van der Waals surface area (Å²) in [4.78, 5) is 16.6. The Bertz CT molecular complexity index is 1370. The number of nitriles is 1. The zero-order chi connectivity index (χ0) is 22.0. The predicted molar refractivity (Wildman–Crippen MR) is 115 cm³/mol. The van der Waals surface area contributed by atoms with Crippen molar-refractivity contribution in [1.29, 1.82) is 5.26 Å². The summed E-state index contributed by atoms with van der Waals surface area (Å²) in [6.07, 6.45) is 1.48. The number of carbonyl (C=O) groups is 1.